The van der Waals surface area contributed by atoms with Gasteiger partial charge in [-0.3, -0.25) is 4.79 Å². The molecule has 1 amide bonds. The van der Waals surface area contributed by atoms with E-state index >= 15 is 0 Å². The largest absolute Gasteiger partial charge is 0.471 e. The normalized spacial score (nSPS) is 17.1. The van der Waals surface area contributed by atoms with Gasteiger partial charge in [0.2, 0.25) is 0 Å². The molecule has 0 radical (unpaired) electrons. The molecule has 0 aromatic heterocycles. The number of rotatable bonds is 2. The molecule has 0 atom stereocenters. The third-order valence-electron chi connectivity index (χ3n) is 3.53. The van der Waals surface area contributed by atoms with Crippen molar-refractivity contribution >= 4 is 17.3 Å². The molecule has 0 aliphatic carbocycles. The molecule has 1 aromatic carbocycles. The quantitative estimate of drug-likeness (QED) is 0.903. The molecule has 3 nitrogen and oxygen atoms in total. The van der Waals surface area contributed by atoms with Crippen LogP contribution in [0.5, 0.6) is 0 Å². The SMILES string of the molecule is CC1CCN(c2ccc(NC(=O)C(F)(F)F)cc2)CC1. The van der Waals surface area contributed by atoms with E-state index in [9.17, 15) is 18.0 Å². The summed E-state index contributed by atoms with van der Waals surface area (Å²) in [5.41, 5.74) is 1.13. The lowest BCUT2D eigenvalue weighted by Gasteiger charge is -2.32. The van der Waals surface area contributed by atoms with Gasteiger partial charge in [0.1, 0.15) is 0 Å². The number of anilines is 2. The molecule has 1 aliphatic heterocycles. The van der Waals surface area contributed by atoms with Gasteiger partial charge in [-0.25, -0.2) is 0 Å². The first-order valence-electron chi connectivity index (χ1n) is 6.59. The predicted molar refractivity (Wildman–Crippen MR) is 71.7 cm³/mol. The van der Waals surface area contributed by atoms with Gasteiger partial charge in [-0.1, -0.05) is 6.92 Å². The number of benzene rings is 1. The maximum absolute atomic E-state index is 12.1. The van der Waals surface area contributed by atoms with Gasteiger partial charge in [-0.05, 0) is 43.0 Å². The number of amides is 1. The van der Waals surface area contributed by atoms with Crippen molar-refractivity contribution < 1.29 is 18.0 Å². The molecule has 1 fully saturated rings. The van der Waals surface area contributed by atoms with E-state index in [0.29, 0.717) is 0 Å². The van der Waals surface area contributed by atoms with E-state index < -0.39 is 12.1 Å². The minimum atomic E-state index is -4.86. The summed E-state index contributed by atoms with van der Waals surface area (Å²) >= 11 is 0. The Bertz CT molecular complexity index is 462. The number of hydrogen-bond donors (Lipinski definition) is 1. The Hall–Kier alpha value is -1.72. The van der Waals surface area contributed by atoms with Crippen LogP contribution in [0, 0.1) is 5.92 Å². The molecule has 0 bridgehead atoms. The summed E-state index contributed by atoms with van der Waals surface area (Å²) in [7, 11) is 0. The Kier molecular flexibility index (Phi) is 4.20. The Morgan fingerprint density at radius 3 is 2.25 bits per heavy atom. The molecular weight excluding hydrogens is 269 g/mol. The second-order valence-corrected chi connectivity index (χ2v) is 5.17. The van der Waals surface area contributed by atoms with E-state index in [1.54, 1.807) is 12.1 Å². The minimum absolute atomic E-state index is 0.154. The highest BCUT2D eigenvalue weighted by Gasteiger charge is 2.38. The van der Waals surface area contributed by atoms with Crippen molar-refractivity contribution in [3.8, 4) is 0 Å². The van der Waals surface area contributed by atoms with E-state index in [0.717, 1.165) is 37.5 Å². The number of piperidine rings is 1. The summed E-state index contributed by atoms with van der Waals surface area (Å²) in [6.07, 6.45) is -2.62. The Morgan fingerprint density at radius 1 is 1.20 bits per heavy atom. The monoisotopic (exact) mass is 286 g/mol. The second-order valence-electron chi connectivity index (χ2n) is 5.17. The van der Waals surface area contributed by atoms with Crippen molar-refractivity contribution in [3.05, 3.63) is 24.3 Å². The predicted octanol–water partition coefficient (Wildman–Crippen LogP) is 3.42. The first-order chi connectivity index (χ1) is 9.36. The number of carbonyl (C=O) groups is 1. The van der Waals surface area contributed by atoms with Crippen LogP contribution in [-0.2, 0) is 4.79 Å². The maximum Gasteiger partial charge on any atom is 0.471 e. The van der Waals surface area contributed by atoms with Gasteiger partial charge in [0.25, 0.3) is 0 Å². The first kappa shape index (κ1) is 14.7. The van der Waals surface area contributed by atoms with E-state index in [2.05, 4.69) is 11.8 Å². The van der Waals surface area contributed by atoms with Gasteiger partial charge in [0, 0.05) is 24.5 Å². The highest BCUT2D eigenvalue weighted by molar-refractivity contribution is 5.95. The molecule has 0 unspecified atom stereocenters. The van der Waals surface area contributed by atoms with Crippen molar-refractivity contribution in [1.82, 2.24) is 0 Å². The fourth-order valence-corrected chi connectivity index (χ4v) is 2.22. The van der Waals surface area contributed by atoms with Crippen LogP contribution in [-0.4, -0.2) is 25.2 Å². The summed E-state index contributed by atoms with van der Waals surface area (Å²) in [4.78, 5) is 13.0. The van der Waals surface area contributed by atoms with Crippen molar-refractivity contribution in [2.45, 2.75) is 25.9 Å². The molecule has 1 N–H and O–H groups in total. The van der Waals surface area contributed by atoms with Gasteiger partial charge in [-0.2, -0.15) is 13.2 Å². The van der Waals surface area contributed by atoms with Gasteiger partial charge >= 0.3 is 12.1 Å². The van der Waals surface area contributed by atoms with Crippen LogP contribution in [0.25, 0.3) is 0 Å². The van der Waals surface area contributed by atoms with Crippen LogP contribution in [0.2, 0.25) is 0 Å². The van der Waals surface area contributed by atoms with Gasteiger partial charge < -0.3 is 10.2 Å². The van der Waals surface area contributed by atoms with Crippen LogP contribution in [0.4, 0.5) is 24.5 Å². The van der Waals surface area contributed by atoms with Crippen molar-refractivity contribution in [2.75, 3.05) is 23.3 Å². The number of nitrogens with one attached hydrogen (secondary N) is 1. The lowest BCUT2D eigenvalue weighted by atomic mass is 9.99. The molecular formula is C14H17F3N2O. The molecule has 1 saturated heterocycles. The Labute approximate surface area is 115 Å². The summed E-state index contributed by atoms with van der Waals surface area (Å²) in [6, 6.07) is 6.47. The van der Waals surface area contributed by atoms with Gasteiger partial charge in [0.05, 0.1) is 0 Å². The van der Waals surface area contributed by atoms with Crippen molar-refractivity contribution in [3.63, 3.8) is 0 Å². The van der Waals surface area contributed by atoms with Crippen molar-refractivity contribution in [1.29, 1.82) is 0 Å². The molecule has 20 heavy (non-hydrogen) atoms. The average Bonchev–Trinajstić information content (AvgIpc) is 2.39. The van der Waals surface area contributed by atoms with Crippen molar-refractivity contribution in [2.24, 2.45) is 5.92 Å². The number of carbonyl (C=O) groups excluding carboxylic acids is 1. The maximum atomic E-state index is 12.1. The van der Waals surface area contributed by atoms with E-state index in [-0.39, 0.29) is 5.69 Å². The van der Waals surface area contributed by atoms with Crippen LogP contribution in [0.3, 0.4) is 0 Å². The number of hydrogen-bond acceptors (Lipinski definition) is 2. The number of halogens is 3. The zero-order valence-corrected chi connectivity index (χ0v) is 11.2. The second kappa shape index (κ2) is 5.73. The Balaban J connectivity index is 1.98. The average molecular weight is 286 g/mol. The highest BCUT2D eigenvalue weighted by atomic mass is 19.4. The number of alkyl halides is 3. The van der Waals surface area contributed by atoms with Gasteiger partial charge in [0.15, 0.2) is 0 Å². The topological polar surface area (TPSA) is 32.3 Å². The third kappa shape index (κ3) is 3.65. The molecule has 0 spiro atoms. The lowest BCUT2D eigenvalue weighted by Crippen LogP contribution is -2.32. The van der Waals surface area contributed by atoms with E-state index in [1.165, 1.54) is 12.1 Å². The fraction of sp³-hybridized carbons (Fsp3) is 0.500. The molecule has 110 valence electrons. The van der Waals surface area contributed by atoms with E-state index in [4.69, 9.17) is 0 Å². The zero-order valence-electron chi connectivity index (χ0n) is 11.2. The molecule has 0 saturated carbocycles. The molecule has 2 rings (SSSR count). The Morgan fingerprint density at radius 2 is 1.75 bits per heavy atom. The third-order valence-corrected chi connectivity index (χ3v) is 3.53. The van der Waals surface area contributed by atoms with Crippen LogP contribution in [0.15, 0.2) is 24.3 Å². The number of nitrogens with zero attached hydrogens (tertiary/aromatic N) is 1. The lowest BCUT2D eigenvalue weighted by molar-refractivity contribution is -0.167. The van der Waals surface area contributed by atoms with E-state index in [1.807, 2.05) is 5.32 Å². The van der Waals surface area contributed by atoms with Crippen LogP contribution in [0.1, 0.15) is 19.8 Å². The molecule has 1 heterocycles. The molecule has 1 aromatic rings. The first-order valence-corrected chi connectivity index (χ1v) is 6.59. The standard InChI is InChI=1S/C14H17F3N2O/c1-10-6-8-19(9-7-10)12-4-2-11(3-5-12)18-13(20)14(15,16)17/h2-5,10H,6-9H2,1H3,(H,18,20). The zero-order chi connectivity index (χ0) is 14.8. The van der Waals surface area contributed by atoms with Crippen LogP contribution < -0.4 is 10.2 Å². The molecule has 6 heteroatoms. The summed E-state index contributed by atoms with van der Waals surface area (Å²) in [6.45, 7) is 4.12. The van der Waals surface area contributed by atoms with Crippen LogP contribution >= 0.6 is 0 Å². The smallest absolute Gasteiger partial charge is 0.372 e. The fourth-order valence-electron chi connectivity index (χ4n) is 2.22. The summed E-state index contributed by atoms with van der Waals surface area (Å²) in [5.74, 6) is -1.23. The highest BCUT2D eigenvalue weighted by Crippen LogP contribution is 2.25. The minimum Gasteiger partial charge on any atom is -0.372 e. The summed E-state index contributed by atoms with van der Waals surface area (Å²) in [5, 5.41) is 1.84. The summed E-state index contributed by atoms with van der Waals surface area (Å²) < 4.78 is 36.4. The van der Waals surface area contributed by atoms with Gasteiger partial charge in [-0.15, -0.1) is 0 Å². The molecule has 1 aliphatic rings.